The topological polar surface area (TPSA) is 48.0 Å². The molecular weight excluding hydrogens is 302 g/mol. The van der Waals surface area contributed by atoms with Crippen molar-refractivity contribution in [3.8, 4) is 11.5 Å². The summed E-state index contributed by atoms with van der Waals surface area (Å²) in [5.74, 6) is 0.795. The normalized spacial score (nSPS) is 22.6. The summed E-state index contributed by atoms with van der Waals surface area (Å²) in [5, 5.41) is 13.6. The monoisotopic (exact) mass is 331 g/mol. The van der Waals surface area contributed by atoms with Crippen LogP contribution < -0.4 is 10.1 Å². The number of rotatable bonds is 6. The van der Waals surface area contributed by atoms with Gasteiger partial charge in [-0.2, -0.15) is 0 Å². The van der Waals surface area contributed by atoms with Gasteiger partial charge in [0.05, 0.1) is 7.11 Å². The van der Waals surface area contributed by atoms with E-state index in [9.17, 15) is 5.11 Å². The van der Waals surface area contributed by atoms with E-state index >= 15 is 0 Å². The molecule has 0 saturated carbocycles. The van der Waals surface area contributed by atoms with Crippen molar-refractivity contribution >= 4 is 0 Å². The van der Waals surface area contributed by atoms with Gasteiger partial charge in [0.25, 0.3) is 0 Å². The summed E-state index contributed by atoms with van der Waals surface area (Å²) in [6, 6.07) is 4.72. The molecule has 2 saturated heterocycles. The molecule has 0 bridgehead atoms. The Morgan fingerprint density at radius 2 is 2.12 bits per heavy atom. The van der Waals surface area contributed by atoms with Crippen molar-refractivity contribution in [2.45, 2.75) is 25.4 Å². The van der Waals surface area contributed by atoms with Crippen LogP contribution in [0.3, 0.4) is 0 Å². The Hall–Kier alpha value is -1.56. The minimum Gasteiger partial charge on any atom is -0.504 e. The Kier molecular flexibility index (Phi) is 5.76. The summed E-state index contributed by atoms with van der Waals surface area (Å²) in [6.07, 6.45) is 3.71. The average Bonchev–Trinajstić information content (AvgIpc) is 3.07. The van der Waals surface area contributed by atoms with E-state index in [-0.39, 0.29) is 5.75 Å². The zero-order valence-corrected chi connectivity index (χ0v) is 14.6. The number of nitrogens with zero attached hydrogens (tertiary/aromatic N) is 2. The van der Waals surface area contributed by atoms with Crippen LogP contribution in [0.15, 0.2) is 24.8 Å². The summed E-state index contributed by atoms with van der Waals surface area (Å²) < 4.78 is 5.34. The number of benzene rings is 1. The summed E-state index contributed by atoms with van der Waals surface area (Å²) in [7, 11) is 1.60. The smallest absolute Gasteiger partial charge is 0.161 e. The zero-order chi connectivity index (χ0) is 16.9. The highest BCUT2D eigenvalue weighted by Gasteiger charge is 2.28. The summed E-state index contributed by atoms with van der Waals surface area (Å²) in [4.78, 5) is 5.13. The average molecular weight is 331 g/mol. The minimum absolute atomic E-state index is 0.237. The van der Waals surface area contributed by atoms with Crippen LogP contribution in [-0.2, 0) is 13.0 Å². The lowest BCUT2D eigenvalue weighted by molar-refractivity contribution is 0.170. The molecule has 2 N–H and O–H groups in total. The van der Waals surface area contributed by atoms with E-state index < -0.39 is 0 Å². The lowest BCUT2D eigenvalue weighted by atomic mass is 10.1. The highest BCUT2D eigenvalue weighted by molar-refractivity contribution is 5.49. The highest BCUT2D eigenvalue weighted by Crippen LogP contribution is 2.33. The number of ether oxygens (including phenoxy) is 1. The van der Waals surface area contributed by atoms with Crippen LogP contribution >= 0.6 is 0 Å². The molecular formula is C19H29N3O2. The SMILES string of the molecule is C=CCc1cc(CN2CCC(N3CCNCC3)C2)cc(OC)c1O. The third kappa shape index (κ3) is 3.91. The lowest BCUT2D eigenvalue weighted by Gasteiger charge is -2.32. The number of aromatic hydroxyl groups is 1. The first-order valence-electron chi connectivity index (χ1n) is 8.88. The fourth-order valence-corrected chi connectivity index (χ4v) is 3.85. The highest BCUT2D eigenvalue weighted by atomic mass is 16.5. The number of allylic oxidation sites excluding steroid dienone is 1. The van der Waals surface area contributed by atoms with Crippen LogP contribution in [0.25, 0.3) is 0 Å². The minimum atomic E-state index is 0.237. The lowest BCUT2D eigenvalue weighted by Crippen LogP contribution is -2.49. The van der Waals surface area contributed by atoms with Gasteiger partial charge in [0.1, 0.15) is 0 Å². The van der Waals surface area contributed by atoms with Gasteiger partial charge in [0.2, 0.25) is 0 Å². The van der Waals surface area contributed by atoms with Gasteiger partial charge >= 0.3 is 0 Å². The van der Waals surface area contributed by atoms with E-state index in [0.717, 1.165) is 51.4 Å². The number of methoxy groups -OCH3 is 1. The number of piperazine rings is 1. The number of hydrogen-bond acceptors (Lipinski definition) is 5. The summed E-state index contributed by atoms with van der Waals surface area (Å²) in [6.45, 7) is 11.5. The molecule has 5 nitrogen and oxygen atoms in total. The number of phenols is 1. The molecule has 1 aromatic rings. The zero-order valence-electron chi connectivity index (χ0n) is 14.6. The van der Waals surface area contributed by atoms with Gasteiger partial charge in [0.15, 0.2) is 11.5 Å². The Morgan fingerprint density at radius 1 is 1.33 bits per heavy atom. The third-order valence-electron chi connectivity index (χ3n) is 5.12. The van der Waals surface area contributed by atoms with Crippen LogP contribution in [-0.4, -0.2) is 67.3 Å². The van der Waals surface area contributed by atoms with Crippen molar-refractivity contribution in [1.82, 2.24) is 15.1 Å². The second-order valence-electron chi connectivity index (χ2n) is 6.76. The Bertz CT molecular complexity index is 570. The predicted molar refractivity (Wildman–Crippen MR) is 96.7 cm³/mol. The number of phenolic OH excluding ortho intramolecular Hbond substituents is 1. The first kappa shape index (κ1) is 17.3. The predicted octanol–water partition coefficient (Wildman–Crippen LogP) is 1.61. The van der Waals surface area contributed by atoms with Crippen molar-refractivity contribution in [2.75, 3.05) is 46.4 Å². The van der Waals surface area contributed by atoms with Gasteiger partial charge < -0.3 is 15.2 Å². The van der Waals surface area contributed by atoms with Gasteiger partial charge in [-0.3, -0.25) is 9.80 Å². The molecule has 1 atom stereocenters. The summed E-state index contributed by atoms with van der Waals surface area (Å²) in [5.41, 5.74) is 2.08. The maximum atomic E-state index is 10.2. The van der Waals surface area contributed by atoms with Crippen LogP contribution in [0.1, 0.15) is 17.5 Å². The van der Waals surface area contributed by atoms with E-state index in [2.05, 4.69) is 27.8 Å². The first-order chi connectivity index (χ1) is 11.7. The molecule has 1 unspecified atom stereocenters. The van der Waals surface area contributed by atoms with Gasteiger partial charge in [0, 0.05) is 57.4 Å². The standard InChI is InChI=1S/C19H29N3O2/c1-3-4-16-11-15(12-18(24-2)19(16)23)13-21-8-5-17(14-21)22-9-6-20-7-10-22/h3,11-12,17,20,23H,1,4-10,13-14H2,2H3. The Balaban J connectivity index is 1.65. The molecule has 24 heavy (non-hydrogen) atoms. The molecule has 2 aliphatic rings. The van der Waals surface area contributed by atoms with Crippen molar-refractivity contribution in [3.63, 3.8) is 0 Å². The molecule has 0 aliphatic carbocycles. The molecule has 0 amide bonds. The van der Waals surface area contributed by atoms with Crippen molar-refractivity contribution in [1.29, 1.82) is 0 Å². The number of nitrogens with one attached hydrogen (secondary N) is 1. The molecule has 2 heterocycles. The molecule has 0 radical (unpaired) electrons. The second kappa shape index (κ2) is 8.01. The second-order valence-corrected chi connectivity index (χ2v) is 6.76. The van der Waals surface area contributed by atoms with E-state index in [1.807, 2.05) is 12.1 Å². The maximum absolute atomic E-state index is 10.2. The van der Waals surface area contributed by atoms with E-state index in [4.69, 9.17) is 4.74 Å². The van der Waals surface area contributed by atoms with Crippen LogP contribution in [0.5, 0.6) is 11.5 Å². The molecule has 132 valence electrons. The fourth-order valence-electron chi connectivity index (χ4n) is 3.85. The third-order valence-corrected chi connectivity index (χ3v) is 5.12. The first-order valence-corrected chi connectivity index (χ1v) is 8.88. The van der Waals surface area contributed by atoms with E-state index in [0.29, 0.717) is 18.2 Å². The van der Waals surface area contributed by atoms with Crippen molar-refractivity contribution in [2.24, 2.45) is 0 Å². The quantitative estimate of drug-likeness (QED) is 0.776. The van der Waals surface area contributed by atoms with Crippen LogP contribution in [0.4, 0.5) is 0 Å². The molecule has 5 heteroatoms. The molecule has 1 aromatic carbocycles. The van der Waals surface area contributed by atoms with Gasteiger partial charge in [-0.25, -0.2) is 0 Å². The molecule has 3 rings (SSSR count). The van der Waals surface area contributed by atoms with E-state index in [1.54, 1.807) is 7.11 Å². The largest absolute Gasteiger partial charge is 0.504 e. The number of likely N-dealkylation sites (tertiary alicyclic amines) is 1. The van der Waals surface area contributed by atoms with Gasteiger partial charge in [-0.05, 0) is 24.5 Å². The maximum Gasteiger partial charge on any atom is 0.161 e. The molecule has 0 spiro atoms. The van der Waals surface area contributed by atoms with Crippen LogP contribution in [0, 0.1) is 0 Å². The Labute approximate surface area is 144 Å². The van der Waals surface area contributed by atoms with Crippen molar-refractivity contribution in [3.05, 3.63) is 35.9 Å². The Morgan fingerprint density at radius 3 is 2.83 bits per heavy atom. The molecule has 2 aliphatic heterocycles. The summed E-state index contributed by atoms with van der Waals surface area (Å²) >= 11 is 0. The van der Waals surface area contributed by atoms with E-state index in [1.165, 1.54) is 12.0 Å². The van der Waals surface area contributed by atoms with Gasteiger partial charge in [-0.1, -0.05) is 12.1 Å². The molecule has 0 aromatic heterocycles. The molecule has 2 fully saturated rings. The van der Waals surface area contributed by atoms with Crippen molar-refractivity contribution < 1.29 is 9.84 Å². The fraction of sp³-hybridized carbons (Fsp3) is 0.579. The van der Waals surface area contributed by atoms with Gasteiger partial charge in [-0.15, -0.1) is 6.58 Å². The van der Waals surface area contributed by atoms with Crippen LogP contribution in [0.2, 0.25) is 0 Å². The number of hydrogen-bond donors (Lipinski definition) is 2.